The Morgan fingerprint density at radius 3 is 2.90 bits per heavy atom. The molecule has 0 spiro atoms. The zero-order chi connectivity index (χ0) is 14.1. The van der Waals surface area contributed by atoms with E-state index in [-0.39, 0.29) is 5.56 Å². The summed E-state index contributed by atoms with van der Waals surface area (Å²) in [6.07, 6.45) is 3.38. The molecule has 0 aliphatic heterocycles. The monoisotopic (exact) mass is 269 g/mol. The van der Waals surface area contributed by atoms with Crippen molar-refractivity contribution in [2.75, 3.05) is 11.9 Å². The van der Waals surface area contributed by atoms with Crippen molar-refractivity contribution in [2.45, 2.75) is 0 Å². The minimum atomic E-state index is -0.995. The van der Waals surface area contributed by atoms with E-state index < -0.39 is 5.97 Å². The third-order valence-electron chi connectivity index (χ3n) is 2.94. The van der Waals surface area contributed by atoms with Crippen LogP contribution in [-0.2, 0) is 0 Å². The first kappa shape index (κ1) is 12.2. The summed E-state index contributed by atoms with van der Waals surface area (Å²) in [5.41, 5.74) is 2.05. The van der Waals surface area contributed by atoms with Crippen LogP contribution >= 0.6 is 0 Å². The molecular formula is C14H11N3O3. The number of rotatable bonds is 3. The number of fused-ring (bicyclic) bond motifs is 1. The Balaban J connectivity index is 2.03. The molecule has 6 heteroatoms. The summed E-state index contributed by atoms with van der Waals surface area (Å²) in [7, 11) is 1.81. The Morgan fingerprint density at radius 1 is 1.35 bits per heavy atom. The molecule has 0 fully saturated rings. The molecule has 0 radical (unpaired) electrons. The van der Waals surface area contributed by atoms with E-state index in [0.29, 0.717) is 17.1 Å². The van der Waals surface area contributed by atoms with Crippen molar-refractivity contribution in [3.05, 3.63) is 48.3 Å². The van der Waals surface area contributed by atoms with Crippen molar-refractivity contribution in [3.63, 3.8) is 0 Å². The maximum Gasteiger partial charge on any atom is 0.335 e. The predicted octanol–water partition coefficient (Wildman–Crippen LogP) is 2.69. The highest BCUT2D eigenvalue weighted by molar-refractivity contribution is 5.92. The topological polar surface area (TPSA) is 79.5 Å². The van der Waals surface area contributed by atoms with Crippen LogP contribution in [0.3, 0.4) is 0 Å². The van der Waals surface area contributed by atoms with E-state index in [1.807, 2.05) is 12.1 Å². The summed E-state index contributed by atoms with van der Waals surface area (Å²) < 4.78 is 5.60. The molecule has 3 aromatic rings. The van der Waals surface area contributed by atoms with Gasteiger partial charge in [0.25, 0.3) is 0 Å². The maximum absolute atomic E-state index is 10.9. The molecule has 0 amide bonds. The van der Waals surface area contributed by atoms with E-state index in [0.717, 1.165) is 5.69 Å². The molecule has 0 bridgehead atoms. The van der Waals surface area contributed by atoms with Gasteiger partial charge in [0.2, 0.25) is 0 Å². The number of carboxylic acids is 1. The summed E-state index contributed by atoms with van der Waals surface area (Å²) >= 11 is 0. The van der Waals surface area contributed by atoms with E-state index >= 15 is 0 Å². The normalized spacial score (nSPS) is 10.7. The number of carbonyl (C=O) groups is 1. The molecule has 1 N–H and O–H groups in total. The molecule has 0 atom stereocenters. The lowest BCUT2D eigenvalue weighted by Gasteiger charge is -2.12. The van der Waals surface area contributed by atoms with Crippen LogP contribution in [0.5, 0.6) is 0 Å². The minimum Gasteiger partial charge on any atom is -0.478 e. The predicted molar refractivity (Wildman–Crippen MR) is 73.3 cm³/mol. The van der Waals surface area contributed by atoms with Crippen molar-refractivity contribution in [2.24, 2.45) is 0 Å². The number of hydrogen-bond acceptors (Lipinski definition) is 5. The molecule has 0 aliphatic carbocycles. The molecule has 0 unspecified atom stereocenters. The maximum atomic E-state index is 10.9. The van der Waals surface area contributed by atoms with Crippen LogP contribution in [0.1, 0.15) is 10.4 Å². The van der Waals surface area contributed by atoms with Gasteiger partial charge in [-0.1, -0.05) is 0 Å². The average molecular weight is 269 g/mol. The van der Waals surface area contributed by atoms with E-state index in [4.69, 9.17) is 9.52 Å². The van der Waals surface area contributed by atoms with E-state index in [9.17, 15) is 4.79 Å². The fraction of sp³-hybridized carbons (Fsp3) is 0.0714. The van der Waals surface area contributed by atoms with Gasteiger partial charge in [-0.3, -0.25) is 9.88 Å². The zero-order valence-corrected chi connectivity index (χ0v) is 10.6. The highest BCUT2D eigenvalue weighted by Crippen LogP contribution is 2.26. The summed E-state index contributed by atoms with van der Waals surface area (Å²) in [5, 5.41) is 8.96. The molecule has 20 heavy (non-hydrogen) atoms. The van der Waals surface area contributed by atoms with Gasteiger partial charge in [0, 0.05) is 13.2 Å². The first-order chi connectivity index (χ1) is 9.65. The second-order valence-corrected chi connectivity index (χ2v) is 4.25. The van der Waals surface area contributed by atoms with Crippen LogP contribution in [0.4, 0.5) is 11.7 Å². The van der Waals surface area contributed by atoms with Crippen molar-refractivity contribution < 1.29 is 14.3 Å². The highest BCUT2D eigenvalue weighted by Gasteiger charge is 2.13. The smallest absolute Gasteiger partial charge is 0.335 e. The van der Waals surface area contributed by atoms with Gasteiger partial charge < -0.3 is 9.52 Å². The Hall–Kier alpha value is -2.89. The molecular weight excluding hydrogens is 258 g/mol. The number of nitrogens with zero attached hydrogens (tertiary/aromatic N) is 3. The van der Waals surface area contributed by atoms with Gasteiger partial charge in [0.05, 0.1) is 17.4 Å². The Labute approximate surface area is 114 Å². The number of aromatic carboxylic acids is 1. The highest BCUT2D eigenvalue weighted by atomic mass is 16.4. The molecule has 0 saturated carbocycles. The lowest BCUT2D eigenvalue weighted by molar-refractivity contribution is 0.0697. The molecule has 2 aromatic heterocycles. The van der Waals surface area contributed by atoms with Crippen LogP contribution in [-0.4, -0.2) is 28.1 Å². The van der Waals surface area contributed by atoms with Gasteiger partial charge >= 0.3 is 12.0 Å². The molecule has 0 saturated heterocycles. The quantitative estimate of drug-likeness (QED) is 0.787. The van der Waals surface area contributed by atoms with Gasteiger partial charge in [-0.2, -0.15) is 4.98 Å². The van der Waals surface area contributed by atoms with Crippen molar-refractivity contribution >= 4 is 28.8 Å². The molecule has 2 heterocycles. The number of aromatic nitrogens is 2. The second kappa shape index (κ2) is 4.65. The fourth-order valence-electron chi connectivity index (χ4n) is 1.85. The number of carboxylic acid groups (broad SMARTS) is 1. The summed E-state index contributed by atoms with van der Waals surface area (Å²) in [4.78, 5) is 21.0. The molecule has 3 rings (SSSR count). The second-order valence-electron chi connectivity index (χ2n) is 4.25. The summed E-state index contributed by atoms with van der Waals surface area (Å²) in [5.74, 6) is -0.995. The number of hydrogen-bond donors (Lipinski definition) is 1. The van der Waals surface area contributed by atoms with Crippen molar-refractivity contribution in [1.82, 2.24) is 9.97 Å². The summed E-state index contributed by atoms with van der Waals surface area (Å²) in [6.45, 7) is 0. The third kappa shape index (κ3) is 2.07. The molecule has 100 valence electrons. The van der Waals surface area contributed by atoms with Gasteiger partial charge in [0.1, 0.15) is 5.52 Å². The Kier molecular flexibility index (Phi) is 2.83. The van der Waals surface area contributed by atoms with Gasteiger partial charge in [-0.05, 0) is 30.3 Å². The van der Waals surface area contributed by atoms with Gasteiger partial charge in [-0.15, -0.1) is 0 Å². The largest absolute Gasteiger partial charge is 0.478 e. The lowest BCUT2D eigenvalue weighted by Crippen LogP contribution is -2.09. The summed E-state index contributed by atoms with van der Waals surface area (Å²) in [6, 6.07) is 8.67. The van der Waals surface area contributed by atoms with E-state index in [1.165, 1.54) is 12.1 Å². The number of anilines is 2. The molecule has 6 nitrogen and oxygen atoms in total. The standard InChI is InChI=1S/C14H11N3O3/c1-17(10-3-2-6-15-8-10)14-16-11-5-4-9(13(18)19)7-12(11)20-14/h2-8H,1H3,(H,18,19). The Morgan fingerprint density at radius 2 is 2.20 bits per heavy atom. The van der Waals surface area contributed by atoms with Gasteiger partial charge in [0.15, 0.2) is 5.58 Å². The lowest BCUT2D eigenvalue weighted by atomic mass is 10.2. The fourth-order valence-corrected chi connectivity index (χ4v) is 1.85. The first-order valence-corrected chi connectivity index (χ1v) is 5.93. The van der Waals surface area contributed by atoms with Gasteiger partial charge in [-0.25, -0.2) is 4.79 Å². The van der Waals surface area contributed by atoms with E-state index in [2.05, 4.69) is 9.97 Å². The van der Waals surface area contributed by atoms with Crippen molar-refractivity contribution in [1.29, 1.82) is 0 Å². The number of benzene rings is 1. The average Bonchev–Trinajstić information content (AvgIpc) is 2.90. The molecule has 1 aromatic carbocycles. The van der Waals surface area contributed by atoms with Crippen LogP contribution in [0, 0.1) is 0 Å². The minimum absolute atomic E-state index is 0.171. The van der Waals surface area contributed by atoms with Crippen LogP contribution in [0.15, 0.2) is 47.1 Å². The molecule has 0 aliphatic rings. The SMILES string of the molecule is CN(c1cccnc1)c1nc2ccc(C(=O)O)cc2o1. The van der Waals surface area contributed by atoms with Crippen LogP contribution in [0.25, 0.3) is 11.1 Å². The third-order valence-corrected chi connectivity index (χ3v) is 2.94. The van der Waals surface area contributed by atoms with Crippen molar-refractivity contribution in [3.8, 4) is 0 Å². The first-order valence-electron chi connectivity index (χ1n) is 5.93. The number of pyridine rings is 1. The number of oxazole rings is 1. The zero-order valence-electron chi connectivity index (χ0n) is 10.6. The van der Waals surface area contributed by atoms with E-state index in [1.54, 1.807) is 30.4 Å². The van der Waals surface area contributed by atoms with Crippen LogP contribution in [0.2, 0.25) is 0 Å². The Bertz CT molecular complexity index is 768. The van der Waals surface area contributed by atoms with Crippen LogP contribution < -0.4 is 4.90 Å².